The van der Waals surface area contributed by atoms with Crippen LogP contribution >= 0.6 is 0 Å². The zero-order valence-corrected chi connectivity index (χ0v) is 12.2. The molecule has 0 aliphatic carbocycles. The first-order valence-electron chi connectivity index (χ1n) is 6.20. The van der Waals surface area contributed by atoms with Gasteiger partial charge in [0.05, 0.1) is 6.04 Å². The number of ketones is 2. The Balaban J connectivity index is -0.000000177. The van der Waals surface area contributed by atoms with Crippen molar-refractivity contribution >= 4 is 17.5 Å². The predicted octanol–water partition coefficient (Wildman–Crippen LogP) is 2.75. The second kappa shape index (κ2) is 14.8. The van der Waals surface area contributed by atoms with E-state index in [1.807, 2.05) is 27.7 Å². The molecule has 0 aliphatic heterocycles. The summed E-state index contributed by atoms with van der Waals surface area (Å²) in [5.41, 5.74) is 0. The monoisotopic (exact) mass is 247 g/mol. The highest BCUT2D eigenvalue weighted by Gasteiger charge is 2.15. The van der Waals surface area contributed by atoms with Gasteiger partial charge in [-0.15, -0.1) is 0 Å². The lowest BCUT2D eigenvalue weighted by atomic mass is 10.1. The molecule has 0 fully saturated rings. The average molecular weight is 247 g/mol. The second-order valence-electron chi connectivity index (χ2n) is 3.10. The van der Waals surface area contributed by atoms with Gasteiger partial charge in [0, 0.05) is 14.8 Å². The normalized spacial score (nSPS) is 9.82. The lowest BCUT2D eigenvalue weighted by Gasteiger charge is -2.13. The van der Waals surface area contributed by atoms with Gasteiger partial charge in [0.2, 0.25) is 5.91 Å². The zero-order chi connectivity index (χ0) is 14.4. The van der Waals surface area contributed by atoms with E-state index in [1.165, 1.54) is 20.8 Å². The predicted molar refractivity (Wildman–Crippen MR) is 73.0 cm³/mol. The number of carbonyl (C=O) groups excluding carboxylic acids is 3. The summed E-state index contributed by atoms with van der Waals surface area (Å²) in [5, 5.41) is 2.49. The topological polar surface area (TPSA) is 63.2 Å². The van der Waals surface area contributed by atoms with E-state index in [2.05, 4.69) is 5.32 Å². The van der Waals surface area contributed by atoms with E-state index in [4.69, 9.17) is 0 Å². The number of rotatable bonds is 5. The fourth-order valence-corrected chi connectivity index (χ4v) is 0.970. The van der Waals surface area contributed by atoms with Crippen LogP contribution in [0.4, 0.5) is 0 Å². The van der Waals surface area contributed by atoms with E-state index in [0.29, 0.717) is 12.8 Å². The molecule has 0 aliphatic rings. The van der Waals surface area contributed by atoms with Crippen molar-refractivity contribution in [3.8, 4) is 0 Å². The lowest BCUT2D eigenvalue weighted by Crippen LogP contribution is -2.38. The van der Waals surface area contributed by atoms with E-state index < -0.39 is 6.04 Å². The molecular weight excluding hydrogens is 218 g/mol. The van der Waals surface area contributed by atoms with E-state index in [9.17, 15) is 14.4 Å². The minimum atomic E-state index is -0.513. The molecule has 1 amide bonds. The van der Waals surface area contributed by atoms with Crippen LogP contribution < -0.4 is 5.32 Å². The number of amides is 1. The maximum Gasteiger partial charge on any atom is 0.217 e. The molecule has 0 unspecified atom stereocenters. The van der Waals surface area contributed by atoms with Crippen LogP contribution in [0, 0.1) is 0 Å². The molecular formula is C13H29NO3. The van der Waals surface area contributed by atoms with Gasteiger partial charge in [0.25, 0.3) is 0 Å². The maximum atomic E-state index is 11.0. The first kappa shape index (κ1) is 21.1. The molecule has 0 saturated carbocycles. The number of hydrogen-bond donors (Lipinski definition) is 1. The van der Waals surface area contributed by atoms with Crippen molar-refractivity contribution in [3.63, 3.8) is 0 Å². The van der Waals surface area contributed by atoms with Crippen LogP contribution in [0.3, 0.4) is 0 Å². The van der Waals surface area contributed by atoms with Crippen molar-refractivity contribution in [2.24, 2.45) is 0 Å². The highest BCUT2D eigenvalue weighted by molar-refractivity contribution is 5.87. The van der Waals surface area contributed by atoms with Crippen molar-refractivity contribution in [2.45, 2.75) is 67.3 Å². The second-order valence-corrected chi connectivity index (χ2v) is 3.10. The molecule has 0 aromatic rings. The van der Waals surface area contributed by atoms with E-state index >= 15 is 0 Å². The van der Waals surface area contributed by atoms with E-state index in [0.717, 1.165) is 0 Å². The number of carbonyl (C=O) groups is 3. The minimum absolute atomic E-state index is 0. The SMILES string of the molecule is CC.CC.CC(=O)CC[C@H](NC(C)=O)C(C)=O.[HH]. The van der Waals surface area contributed by atoms with Gasteiger partial charge in [0.1, 0.15) is 5.78 Å². The Morgan fingerprint density at radius 1 is 1.00 bits per heavy atom. The first-order valence-corrected chi connectivity index (χ1v) is 6.20. The molecule has 0 saturated heterocycles. The van der Waals surface area contributed by atoms with Crippen LogP contribution in [0.5, 0.6) is 0 Å². The Morgan fingerprint density at radius 3 is 1.65 bits per heavy atom. The molecule has 4 nitrogen and oxygen atoms in total. The van der Waals surface area contributed by atoms with Crippen LogP contribution in [-0.4, -0.2) is 23.5 Å². The third kappa shape index (κ3) is 17.4. The van der Waals surface area contributed by atoms with Crippen molar-refractivity contribution in [3.05, 3.63) is 0 Å². The third-order valence-electron chi connectivity index (χ3n) is 1.65. The molecule has 0 aromatic heterocycles. The maximum absolute atomic E-state index is 11.0. The highest BCUT2D eigenvalue weighted by Crippen LogP contribution is 1.99. The van der Waals surface area contributed by atoms with Crippen LogP contribution in [0.2, 0.25) is 0 Å². The van der Waals surface area contributed by atoms with Gasteiger partial charge in [-0.2, -0.15) is 0 Å². The molecule has 0 spiro atoms. The molecule has 104 valence electrons. The summed E-state index contributed by atoms with van der Waals surface area (Å²) in [6.07, 6.45) is 0.717. The first-order chi connectivity index (χ1) is 7.93. The van der Waals surface area contributed by atoms with Crippen LogP contribution in [-0.2, 0) is 14.4 Å². The summed E-state index contributed by atoms with van der Waals surface area (Å²) in [7, 11) is 0. The molecule has 0 heterocycles. The van der Waals surface area contributed by atoms with E-state index in [-0.39, 0.29) is 18.9 Å². The number of nitrogens with one attached hydrogen (secondary N) is 1. The van der Waals surface area contributed by atoms with Gasteiger partial charge in [-0.3, -0.25) is 9.59 Å². The summed E-state index contributed by atoms with van der Waals surface area (Å²) in [5.74, 6) is -0.336. The zero-order valence-electron chi connectivity index (χ0n) is 12.2. The molecule has 1 N–H and O–H groups in total. The average Bonchev–Trinajstić information content (AvgIpc) is 2.28. The van der Waals surface area contributed by atoms with Gasteiger partial charge >= 0.3 is 0 Å². The summed E-state index contributed by atoms with van der Waals surface area (Å²) in [6, 6.07) is -0.513. The lowest BCUT2D eigenvalue weighted by molar-refractivity contribution is -0.126. The van der Waals surface area contributed by atoms with Gasteiger partial charge in [-0.1, -0.05) is 27.7 Å². The summed E-state index contributed by atoms with van der Waals surface area (Å²) < 4.78 is 0. The van der Waals surface area contributed by atoms with Crippen molar-refractivity contribution in [1.82, 2.24) is 5.32 Å². The minimum Gasteiger partial charge on any atom is -0.347 e. The van der Waals surface area contributed by atoms with Crippen molar-refractivity contribution < 1.29 is 15.8 Å². The van der Waals surface area contributed by atoms with Gasteiger partial charge in [-0.05, 0) is 20.3 Å². The molecule has 0 bridgehead atoms. The van der Waals surface area contributed by atoms with E-state index in [1.54, 1.807) is 0 Å². The molecule has 1 atom stereocenters. The number of Topliss-reactive ketones (excluding diaryl/α,β-unsaturated/α-hetero) is 2. The Kier molecular flexibility index (Phi) is 18.4. The van der Waals surface area contributed by atoms with Crippen LogP contribution in [0.15, 0.2) is 0 Å². The standard InChI is InChI=1S/C9H15NO3.2C2H6.H2/c1-6(11)4-5-9(7(2)12)10-8(3)13;2*1-2;/h9H,4-5H2,1-3H3,(H,10,13);2*1-2H3;1H/t9-;;;/m0.../s1. The summed E-state index contributed by atoms with van der Waals surface area (Å²) >= 11 is 0. The van der Waals surface area contributed by atoms with Gasteiger partial charge < -0.3 is 10.1 Å². The smallest absolute Gasteiger partial charge is 0.217 e. The molecule has 17 heavy (non-hydrogen) atoms. The molecule has 0 radical (unpaired) electrons. The summed E-state index contributed by atoms with van der Waals surface area (Å²) in [6.45, 7) is 12.2. The van der Waals surface area contributed by atoms with Crippen molar-refractivity contribution in [2.75, 3.05) is 0 Å². The molecule has 0 aromatic carbocycles. The Bertz CT molecular complexity index is 230. The summed E-state index contributed by atoms with van der Waals surface area (Å²) in [4.78, 5) is 32.3. The van der Waals surface area contributed by atoms with Gasteiger partial charge in [-0.25, -0.2) is 0 Å². The Labute approximate surface area is 107 Å². The Hall–Kier alpha value is -1.19. The largest absolute Gasteiger partial charge is 0.347 e. The van der Waals surface area contributed by atoms with Crippen LogP contribution in [0.25, 0.3) is 0 Å². The third-order valence-corrected chi connectivity index (χ3v) is 1.65. The Morgan fingerprint density at radius 2 is 1.41 bits per heavy atom. The highest BCUT2D eigenvalue weighted by atomic mass is 16.2. The fourth-order valence-electron chi connectivity index (χ4n) is 0.970. The number of hydrogen-bond acceptors (Lipinski definition) is 3. The fraction of sp³-hybridized carbons (Fsp3) is 0.769. The van der Waals surface area contributed by atoms with Crippen molar-refractivity contribution in [1.29, 1.82) is 0 Å². The van der Waals surface area contributed by atoms with Crippen LogP contribution in [0.1, 0.15) is 62.7 Å². The molecule has 4 heteroatoms. The quantitative estimate of drug-likeness (QED) is 0.812. The molecule has 0 rings (SSSR count). The van der Waals surface area contributed by atoms with Gasteiger partial charge in [0.15, 0.2) is 5.78 Å².